The maximum atomic E-state index is 2.64. The number of allylic oxidation sites excluding steroid dienone is 4. The quantitative estimate of drug-likeness (QED) is 0.472. The summed E-state index contributed by atoms with van der Waals surface area (Å²) < 4.78 is 4.53. The average molecular weight is 629 g/mol. The second-order valence-corrected chi connectivity index (χ2v) is 20.3. The number of hydrogen-bond acceptors (Lipinski definition) is 0. The molecule has 3 aliphatic rings. The molecule has 2 aromatic carbocycles. The zero-order chi connectivity index (χ0) is 26.0. The van der Waals surface area contributed by atoms with Crippen LogP contribution in [0.4, 0.5) is 0 Å². The summed E-state index contributed by atoms with van der Waals surface area (Å²) in [5, 5.41) is 0. The first-order chi connectivity index (χ1) is 16.9. The standard InChI is InChI=1S/C21H25.C8H11.C6H10.2ClH.Zr/c1-20(2,3)16-7-9-18-14(12-16)11-15-13-17(21(4,5)6)8-10-19(15)18;1-6-4-7(2)8(3)5-6;1-2-4-6-5-3-1;;;/h7-13H,1-6H3;4,6H,1-3H3;1-5H2;2*1H;/q;;;;;+2/p-2. The molecule has 204 valence electrons. The van der Waals surface area contributed by atoms with Crippen LogP contribution in [0.1, 0.15) is 120 Å². The fourth-order valence-corrected chi connectivity index (χ4v) is 17.4. The molecule has 2 aromatic rings. The molecular weight excluding hydrogens is 583 g/mol. The summed E-state index contributed by atoms with van der Waals surface area (Å²) in [6.07, 6.45) is 9.58. The molecule has 0 nitrogen and oxygen atoms in total. The predicted octanol–water partition coefficient (Wildman–Crippen LogP) is 3.98. The van der Waals surface area contributed by atoms with E-state index in [1.54, 1.807) is 16.7 Å². The van der Waals surface area contributed by atoms with Crippen LogP contribution in [0.3, 0.4) is 0 Å². The van der Waals surface area contributed by atoms with Gasteiger partial charge in [-0.25, -0.2) is 0 Å². The Morgan fingerprint density at radius 2 is 1.18 bits per heavy atom. The first-order valence-electron chi connectivity index (χ1n) is 14.3. The summed E-state index contributed by atoms with van der Waals surface area (Å²) in [6, 6.07) is 15.0. The average Bonchev–Trinajstić information content (AvgIpc) is 3.27. The summed E-state index contributed by atoms with van der Waals surface area (Å²) in [7, 11) is 0. The molecule has 0 N–H and O–H groups in total. The summed E-state index contributed by atoms with van der Waals surface area (Å²) in [4.78, 5) is 0. The fourth-order valence-electron chi connectivity index (χ4n) is 6.89. The Balaban J connectivity index is 0.00000200. The third-order valence-electron chi connectivity index (χ3n) is 9.12. The van der Waals surface area contributed by atoms with Gasteiger partial charge in [0.15, 0.2) is 0 Å². The Labute approximate surface area is 252 Å². The van der Waals surface area contributed by atoms with Gasteiger partial charge in [0, 0.05) is 0 Å². The SMILES string of the molecule is CC1=CC(C)[C]([Zr+2](=[C]2CCCCC2)[CH]2c3cc(C(C)(C)C)ccc3-c3ccc(C(C)(C)C)cc32)=C1C.[Cl-].[Cl-]. The number of halogens is 2. The van der Waals surface area contributed by atoms with E-state index in [0.29, 0.717) is 9.54 Å². The van der Waals surface area contributed by atoms with E-state index in [1.165, 1.54) is 59.9 Å². The molecular formula is C35H46Cl2Zr. The molecule has 1 unspecified atom stereocenters. The smallest absolute Gasteiger partial charge is 1.00 e. The Bertz CT molecular complexity index is 1240. The molecule has 1 atom stereocenters. The van der Waals surface area contributed by atoms with Crippen LogP contribution in [-0.4, -0.2) is 3.21 Å². The molecule has 0 radical (unpaired) electrons. The van der Waals surface area contributed by atoms with Crippen molar-refractivity contribution in [1.82, 2.24) is 0 Å². The molecule has 1 fully saturated rings. The molecule has 0 spiro atoms. The number of benzene rings is 2. The van der Waals surface area contributed by atoms with Crippen molar-refractivity contribution >= 4 is 3.21 Å². The van der Waals surface area contributed by atoms with Gasteiger partial charge in [0.25, 0.3) is 0 Å². The van der Waals surface area contributed by atoms with Crippen LogP contribution in [0.5, 0.6) is 0 Å². The van der Waals surface area contributed by atoms with Crippen LogP contribution in [0, 0.1) is 5.92 Å². The summed E-state index contributed by atoms with van der Waals surface area (Å²) >= 11 is -2.27. The van der Waals surface area contributed by atoms with E-state index in [4.69, 9.17) is 0 Å². The van der Waals surface area contributed by atoms with Crippen LogP contribution in [0.25, 0.3) is 11.1 Å². The van der Waals surface area contributed by atoms with E-state index >= 15 is 0 Å². The topological polar surface area (TPSA) is 0 Å². The molecule has 0 aromatic heterocycles. The van der Waals surface area contributed by atoms with Crippen LogP contribution in [0.2, 0.25) is 0 Å². The van der Waals surface area contributed by atoms with Crippen molar-refractivity contribution < 1.29 is 46.1 Å². The van der Waals surface area contributed by atoms with Crippen LogP contribution in [-0.2, 0) is 32.1 Å². The first kappa shape index (κ1) is 31.8. The number of rotatable bonds is 2. The van der Waals surface area contributed by atoms with Crippen molar-refractivity contribution in [3.8, 4) is 11.1 Å². The normalized spacial score (nSPS) is 19.2. The van der Waals surface area contributed by atoms with Gasteiger partial charge in [-0.2, -0.15) is 0 Å². The van der Waals surface area contributed by atoms with Gasteiger partial charge in [-0.1, -0.05) is 0 Å². The second-order valence-electron chi connectivity index (χ2n) is 13.8. The van der Waals surface area contributed by atoms with Gasteiger partial charge >= 0.3 is 230 Å². The Kier molecular flexibility index (Phi) is 9.72. The van der Waals surface area contributed by atoms with Crippen molar-refractivity contribution in [2.24, 2.45) is 5.92 Å². The van der Waals surface area contributed by atoms with Gasteiger partial charge in [-0.3, -0.25) is 0 Å². The van der Waals surface area contributed by atoms with Crippen molar-refractivity contribution in [1.29, 1.82) is 0 Å². The molecule has 0 saturated heterocycles. The minimum absolute atomic E-state index is 0. The van der Waals surface area contributed by atoms with Crippen LogP contribution in [0.15, 0.2) is 56.9 Å². The van der Waals surface area contributed by atoms with Gasteiger partial charge in [0.2, 0.25) is 0 Å². The molecule has 0 aliphatic heterocycles. The van der Waals surface area contributed by atoms with E-state index in [9.17, 15) is 0 Å². The van der Waals surface area contributed by atoms with Crippen molar-refractivity contribution in [2.75, 3.05) is 0 Å². The Morgan fingerprint density at radius 3 is 1.58 bits per heavy atom. The van der Waals surface area contributed by atoms with E-state index in [0.717, 1.165) is 0 Å². The molecule has 0 amide bonds. The summed E-state index contributed by atoms with van der Waals surface area (Å²) in [5.41, 5.74) is 12.9. The third-order valence-corrected chi connectivity index (χ3v) is 18.6. The van der Waals surface area contributed by atoms with Crippen molar-refractivity contribution in [2.45, 2.75) is 109 Å². The molecule has 0 heterocycles. The maximum Gasteiger partial charge on any atom is -1.00 e. The van der Waals surface area contributed by atoms with Gasteiger partial charge in [0.1, 0.15) is 0 Å². The van der Waals surface area contributed by atoms with E-state index < -0.39 is 21.3 Å². The minimum atomic E-state index is -2.27. The van der Waals surface area contributed by atoms with Crippen molar-refractivity contribution in [3.63, 3.8) is 0 Å². The van der Waals surface area contributed by atoms with Gasteiger partial charge < -0.3 is 24.8 Å². The summed E-state index contributed by atoms with van der Waals surface area (Å²) in [5.74, 6) is 0.609. The molecule has 3 aliphatic carbocycles. The predicted molar refractivity (Wildman–Crippen MR) is 155 cm³/mol. The van der Waals surface area contributed by atoms with Gasteiger partial charge in [-0.15, -0.1) is 0 Å². The maximum absolute atomic E-state index is 2.64. The first-order valence-corrected chi connectivity index (χ1v) is 18.2. The fraction of sp³-hybridized carbons (Fsp3) is 0.514. The molecule has 0 bridgehead atoms. The minimum Gasteiger partial charge on any atom is -1.00 e. The van der Waals surface area contributed by atoms with E-state index in [2.05, 4.69) is 105 Å². The number of hydrogen-bond donors (Lipinski definition) is 0. The zero-order valence-corrected chi connectivity index (χ0v) is 29.0. The van der Waals surface area contributed by atoms with Gasteiger partial charge in [0.05, 0.1) is 0 Å². The second kappa shape index (κ2) is 11.6. The Morgan fingerprint density at radius 1 is 0.711 bits per heavy atom. The van der Waals surface area contributed by atoms with E-state index in [-0.39, 0.29) is 35.6 Å². The summed E-state index contributed by atoms with van der Waals surface area (Å²) in [6.45, 7) is 21.5. The van der Waals surface area contributed by atoms with Gasteiger partial charge in [-0.05, 0) is 0 Å². The van der Waals surface area contributed by atoms with Crippen LogP contribution < -0.4 is 24.8 Å². The van der Waals surface area contributed by atoms with Crippen molar-refractivity contribution in [3.05, 3.63) is 79.2 Å². The van der Waals surface area contributed by atoms with Crippen LogP contribution >= 0.6 is 0 Å². The third kappa shape index (κ3) is 5.69. The van der Waals surface area contributed by atoms with E-state index in [1.807, 2.05) is 6.49 Å². The zero-order valence-electron chi connectivity index (χ0n) is 25.0. The number of fused-ring (bicyclic) bond motifs is 3. The monoisotopic (exact) mass is 626 g/mol. The Hall–Kier alpha value is -0.747. The largest absolute Gasteiger partial charge is 1.00 e. The molecule has 3 heteroatoms. The molecule has 38 heavy (non-hydrogen) atoms. The molecule has 1 saturated carbocycles. The molecule has 5 rings (SSSR count).